The van der Waals surface area contributed by atoms with E-state index >= 15 is 0 Å². The molecule has 1 saturated carbocycles. The first kappa shape index (κ1) is 14.2. The van der Waals surface area contributed by atoms with E-state index in [1.54, 1.807) is 6.07 Å². The first-order valence-corrected chi connectivity index (χ1v) is 8.26. The third-order valence-electron chi connectivity index (χ3n) is 5.44. The Labute approximate surface area is 136 Å². The van der Waals surface area contributed by atoms with Crippen LogP contribution < -0.4 is 4.90 Å². The lowest BCUT2D eigenvalue weighted by molar-refractivity contribution is 0.139. The Hall–Kier alpha value is -2.41. The molecule has 2 aromatic rings. The van der Waals surface area contributed by atoms with Crippen LogP contribution in [0, 0.1) is 23.7 Å². The molecule has 1 unspecified atom stereocenters. The Morgan fingerprint density at radius 3 is 2.65 bits per heavy atom. The SMILES string of the molecule is Cc1cc(C#N)nc(N2CC(c3ccccc3)C3(CCC3)C2)n1. The van der Waals surface area contributed by atoms with Gasteiger partial charge in [0, 0.05) is 24.7 Å². The van der Waals surface area contributed by atoms with E-state index in [9.17, 15) is 0 Å². The van der Waals surface area contributed by atoms with Crippen LogP contribution in [0.1, 0.15) is 42.1 Å². The zero-order valence-electron chi connectivity index (χ0n) is 13.4. The van der Waals surface area contributed by atoms with Crippen molar-refractivity contribution in [1.29, 1.82) is 5.26 Å². The molecule has 1 spiro atoms. The minimum atomic E-state index is 0.362. The fourth-order valence-corrected chi connectivity index (χ4v) is 4.15. The topological polar surface area (TPSA) is 52.8 Å². The number of rotatable bonds is 2. The summed E-state index contributed by atoms with van der Waals surface area (Å²) >= 11 is 0. The maximum Gasteiger partial charge on any atom is 0.226 e. The molecule has 0 N–H and O–H groups in total. The van der Waals surface area contributed by atoms with Gasteiger partial charge in [0.15, 0.2) is 0 Å². The predicted octanol–water partition coefficient (Wildman–Crippen LogP) is 3.43. The van der Waals surface area contributed by atoms with Gasteiger partial charge < -0.3 is 4.90 Å². The van der Waals surface area contributed by atoms with Crippen molar-refractivity contribution in [3.8, 4) is 6.07 Å². The molecule has 1 atom stereocenters. The van der Waals surface area contributed by atoms with Gasteiger partial charge in [-0.1, -0.05) is 36.8 Å². The molecule has 1 aromatic carbocycles. The van der Waals surface area contributed by atoms with E-state index in [-0.39, 0.29) is 0 Å². The van der Waals surface area contributed by atoms with Crippen LogP contribution in [-0.2, 0) is 0 Å². The van der Waals surface area contributed by atoms with Gasteiger partial charge in [0.2, 0.25) is 5.95 Å². The van der Waals surface area contributed by atoms with Gasteiger partial charge in [-0.25, -0.2) is 9.97 Å². The van der Waals surface area contributed by atoms with E-state index in [4.69, 9.17) is 5.26 Å². The second kappa shape index (κ2) is 5.34. The number of hydrogen-bond donors (Lipinski definition) is 0. The second-order valence-electron chi connectivity index (χ2n) is 6.87. The number of hydrogen-bond acceptors (Lipinski definition) is 4. The predicted molar refractivity (Wildman–Crippen MR) is 89.2 cm³/mol. The first-order valence-electron chi connectivity index (χ1n) is 8.26. The van der Waals surface area contributed by atoms with Gasteiger partial charge in [0.25, 0.3) is 0 Å². The van der Waals surface area contributed by atoms with E-state index in [2.05, 4.69) is 51.3 Å². The highest BCUT2D eigenvalue weighted by atomic mass is 15.3. The highest BCUT2D eigenvalue weighted by Crippen LogP contribution is 2.56. The van der Waals surface area contributed by atoms with Crippen molar-refractivity contribution in [1.82, 2.24) is 9.97 Å². The van der Waals surface area contributed by atoms with Crippen LogP contribution in [0.15, 0.2) is 36.4 Å². The molecule has 4 rings (SSSR count). The van der Waals surface area contributed by atoms with Crippen molar-refractivity contribution in [2.75, 3.05) is 18.0 Å². The normalized spacial score (nSPS) is 21.9. The monoisotopic (exact) mass is 304 g/mol. The summed E-state index contributed by atoms with van der Waals surface area (Å²) in [5.74, 6) is 1.25. The molecular formula is C19H20N4. The lowest BCUT2D eigenvalue weighted by atomic mass is 9.61. The number of anilines is 1. The van der Waals surface area contributed by atoms with Crippen molar-refractivity contribution in [2.24, 2.45) is 5.41 Å². The molecule has 1 aromatic heterocycles. The lowest BCUT2D eigenvalue weighted by Gasteiger charge is -2.43. The quantitative estimate of drug-likeness (QED) is 0.853. The molecule has 2 fully saturated rings. The summed E-state index contributed by atoms with van der Waals surface area (Å²) in [6.07, 6.45) is 3.87. The van der Waals surface area contributed by atoms with Crippen molar-refractivity contribution >= 4 is 5.95 Å². The summed E-state index contributed by atoms with van der Waals surface area (Å²) in [4.78, 5) is 11.3. The molecule has 0 bridgehead atoms. The Kier molecular flexibility index (Phi) is 3.30. The van der Waals surface area contributed by atoms with E-state index < -0.39 is 0 Å². The van der Waals surface area contributed by atoms with E-state index in [1.807, 2.05) is 6.92 Å². The van der Waals surface area contributed by atoms with Gasteiger partial charge in [-0.15, -0.1) is 0 Å². The van der Waals surface area contributed by atoms with Gasteiger partial charge in [-0.3, -0.25) is 0 Å². The second-order valence-corrected chi connectivity index (χ2v) is 6.87. The van der Waals surface area contributed by atoms with Crippen LogP contribution in [-0.4, -0.2) is 23.1 Å². The van der Waals surface area contributed by atoms with Gasteiger partial charge in [-0.2, -0.15) is 5.26 Å². The Bertz CT molecular complexity index is 759. The maximum atomic E-state index is 9.16. The average molecular weight is 304 g/mol. The third kappa shape index (κ3) is 2.37. The molecule has 2 heterocycles. The Morgan fingerprint density at radius 2 is 2.00 bits per heavy atom. The zero-order valence-corrected chi connectivity index (χ0v) is 13.4. The van der Waals surface area contributed by atoms with Crippen LogP contribution in [0.3, 0.4) is 0 Å². The van der Waals surface area contributed by atoms with Gasteiger partial charge in [-0.05, 0) is 36.8 Å². The number of benzene rings is 1. The van der Waals surface area contributed by atoms with Gasteiger partial charge in [0.1, 0.15) is 11.8 Å². The number of aryl methyl sites for hydroxylation is 1. The highest BCUT2D eigenvalue weighted by molar-refractivity contribution is 5.42. The average Bonchev–Trinajstić information content (AvgIpc) is 2.96. The molecule has 116 valence electrons. The summed E-state index contributed by atoms with van der Waals surface area (Å²) in [5.41, 5.74) is 3.10. The molecule has 0 radical (unpaired) electrons. The Balaban J connectivity index is 1.68. The van der Waals surface area contributed by atoms with Crippen molar-refractivity contribution < 1.29 is 0 Å². The summed E-state index contributed by atoms with van der Waals surface area (Å²) in [7, 11) is 0. The van der Waals surface area contributed by atoms with Crippen molar-refractivity contribution in [3.63, 3.8) is 0 Å². The van der Waals surface area contributed by atoms with Crippen molar-refractivity contribution in [3.05, 3.63) is 53.3 Å². The van der Waals surface area contributed by atoms with Crippen LogP contribution in [0.2, 0.25) is 0 Å². The molecular weight excluding hydrogens is 284 g/mol. The standard InChI is InChI=1S/C19H20N4/c1-14-10-16(11-20)22-18(21-14)23-12-17(15-6-3-2-4-7-15)19(13-23)8-5-9-19/h2-4,6-7,10,17H,5,8-9,12-13H2,1H3. The molecule has 4 heteroatoms. The lowest BCUT2D eigenvalue weighted by Crippen LogP contribution is -2.36. The fourth-order valence-electron chi connectivity index (χ4n) is 4.15. The molecule has 1 saturated heterocycles. The summed E-state index contributed by atoms with van der Waals surface area (Å²) in [6, 6.07) is 14.7. The van der Waals surface area contributed by atoms with E-state index in [1.165, 1.54) is 24.8 Å². The molecule has 2 aliphatic rings. The van der Waals surface area contributed by atoms with E-state index in [0.717, 1.165) is 18.8 Å². The summed E-state index contributed by atoms with van der Waals surface area (Å²) in [6.45, 7) is 3.87. The van der Waals surface area contributed by atoms with Gasteiger partial charge in [0.05, 0.1) is 0 Å². The number of nitrogens with zero attached hydrogens (tertiary/aromatic N) is 4. The minimum absolute atomic E-state index is 0.362. The summed E-state index contributed by atoms with van der Waals surface area (Å²) < 4.78 is 0. The fraction of sp³-hybridized carbons (Fsp3) is 0.421. The molecule has 1 aliphatic heterocycles. The molecule has 0 amide bonds. The maximum absolute atomic E-state index is 9.16. The third-order valence-corrected chi connectivity index (χ3v) is 5.44. The molecule has 4 nitrogen and oxygen atoms in total. The van der Waals surface area contributed by atoms with E-state index in [0.29, 0.717) is 23.0 Å². The largest absolute Gasteiger partial charge is 0.340 e. The Morgan fingerprint density at radius 1 is 1.22 bits per heavy atom. The van der Waals surface area contributed by atoms with Gasteiger partial charge >= 0.3 is 0 Å². The molecule has 1 aliphatic carbocycles. The van der Waals surface area contributed by atoms with Crippen molar-refractivity contribution in [2.45, 2.75) is 32.1 Å². The highest BCUT2D eigenvalue weighted by Gasteiger charge is 2.51. The first-order chi connectivity index (χ1) is 11.2. The minimum Gasteiger partial charge on any atom is -0.340 e. The zero-order chi connectivity index (χ0) is 15.9. The van der Waals surface area contributed by atoms with Crippen LogP contribution in [0.25, 0.3) is 0 Å². The summed E-state index contributed by atoms with van der Waals surface area (Å²) in [5, 5.41) is 9.16. The smallest absolute Gasteiger partial charge is 0.226 e. The van der Waals surface area contributed by atoms with Crippen LogP contribution >= 0.6 is 0 Å². The van der Waals surface area contributed by atoms with Crippen LogP contribution in [0.5, 0.6) is 0 Å². The number of aromatic nitrogens is 2. The van der Waals surface area contributed by atoms with Crippen LogP contribution in [0.4, 0.5) is 5.95 Å². The number of nitriles is 1. The molecule has 23 heavy (non-hydrogen) atoms.